The van der Waals surface area contributed by atoms with Gasteiger partial charge in [-0.2, -0.15) is 0 Å². The van der Waals surface area contributed by atoms with Crippen LogP contribution >= 0.6 is 11.6 Å². The number of hydrogen-bond donors (Lipinski definition) is 3. The van der Waals surface area contributed by atoms with E-state index in [4.69, 9.17) is 36.0 Å². The molecule has 0 radical (unpaired) electrons. The number of piperazine rings is 1. The van der Waals surface area contributed by atoms with Gasteiger partial charge in [-0.3, -0.25) is 33.4 Å². The van der Waals surface area contributed by atoms with Crippen molar-refractivity contribution in [2.24, 2.45) is 0 Å². The topological polar surface area (TPSA) is 214 Å². The van der Waals surface area contributed by atoms with Crippen molar-refractivity contribution >= 4 is 64.1 Å². The lowest BCUT2D eigenvalue weighted by molar-refractivity contribution is -0.145. The highest BCUT2D eigenvalue weighted by molar-refractivity contribution is 6.30. The number of carboxylic acid groups (broad SMARTS) is 2. The van der Waals surface area contributed by atoms with Crippen molar-refractivity contribution in [3.8, 4) is 5.75 Å². The number of nitrogens with one attached hydrogen (secondary N) is 1. The van der Waals surface area contributed by atoms with E-state index in [9.17, 15) is 33.6 Å². The van der Waals surface area contributed by atoms with Crippen LogP contribution in [0.4, 0.5) is 0 Å². The number of aromatic nitrogens is 1. The molecule has 2 heterocycles. The van der Waals surface area contributed by atoms with Gasteiger partial charge in [-0.05, 0) is 92.8 Å². The highest BCUT2D eigenvalue weighted by atomic mass is 35.5. The third-order valence-corrected chi connectivity index (χ3v) is 11.4. The monoisotopic (exact) mass is 959 g/mol. The summed E-state index contributed by atoms with van der Waals surface area (Å²) >= 11 is 6.05. The minimum Gasteiger partial charge on any atom is -0.497 e. The maximum absolute atomic E-state index is 13.6. The first-order valence-corrected chi connectivity index (χ1v) is 23.1. The predicted octanol–water partition coefficient (Wildman–Crippen LogP) is 5.88. The lowest BCUT2D eigenvalue weighted by Gasteiger charge is -2.34. The first-order valence-electron chi connectivity index (χ1n) is 22.7. The van der Waals surface area contributed by atoms with Gasteiger partial charge in [-0.1, -0.05) is 43.6 Å². The lowest BCUT2D eigenvalue weighted by atomic mass is 10.1. The first-order chi connectivity index (χ1) is 32.6. The zero-order valence-corrected chi connectivity index (χ0v) is 39.9. The Morgan fingerprint density at radius 3 is 1.97 bits per heavy atom. The Kier molecular flexibility index (Phi) is 22.2. The summed E-state index contributed by atoms with van der Waals surface area (Å²) in [6.45, 7) is 12.2. The molecule has 1 aliphatic rings. The molecule has 5 rings (SSSR count). The standard InChI is InChI=1S/C46H58ClN5O8.C4H4O4/c1-5-21-51(22-6-2)46(57)40(48-44(55)34-11-8-7-9-12-34)18-20-42(53)59-29-10-23-49-24-26-50(27-25-49)28-30-60-43(54)32-38-33(3)52(41-19-17-37(58-4)31-39(38)41)45(56)35-13-15-36(47)16-14-35;5-3(6)1-2-4(7)8/h7-9,11-17,19,31,40H,5-6,10,18,20-30,32H2,1-4H3,(H,48,55);1-2H,(H,5,6)(H,7,8)/b;2-1+. The van der Waals surface area contributed by atoms with E-state index in [1.165, 1.54) is 0 Å². The Hall–Kier alpha value is -6.56. The molecule has 2 amide bonds. The lowest BCUT2D eigenvalue weighted by Crippen LogP contribution is -2.49. The summed E-state index contributed by atoms with van der Waals surface area (Å²) in [7, 11) is 1.58. The van der Waals surface area contributed by atoms with Crippen molar-refractivity contribution in [1.82, 2.24) is 24.6 Å². The molecule has 3 N–H and O–H groups in total. The molecule has 68 heavy (non-hydrogen) atoms. The molecule has 3 aromatic carbocycles. The maximum atomic E-state index is 13.6. The normalized spacial score (nSPS) is 13.2. The van der Waals surface area contributed by atoms with Gasteiger partial charge >= 0.3 is 23.9 Å². The van der Waals surface area contributed by atoms with Gasteiger partial charge < -0.3 is 39.5 Å². The SMILES string of the molecule is CCCN(CCC)C(=O)C(CCC(=O)OCCCN1CCN(CCOC(=O)Cc2c(C)n(C(=O)c3ccc(Cl)cc3)c3ccc(OC)cc23)CC1)NC(=O)c1ccccc1.O=C(O)/C=C/C(=O)O. The number of nitrogens with zero attached hydrogens (tertiary/aromatic N) is 4. The molecule has 0 aliphatic carbocycles. The third-order valence-electron chi connectivity index (χ3n) is 11.1. The summed E-state index contributed by atoms with van der Waals surface area (Å²) in [6.07, 6.45) is 3.55. The number of carbonyl (C=O) groups excluding carboxylic acids is 5. The van der Waals surface area contributed by atoms with Crippen molar-refractivity contribution in [2.75, 3.05) is 72.7 Å². The number of methoxy groups -OCH3 is 1. The van der Waals surface area contributed by atoms with E-state index >= 15 is 0 Å². The molecule has 0 bridgehead atoms. The number of fused-ring (bicyclic) bond motifs is 1. The number of rotatable bonds is 23. The highest BCUT2D eigenvalue weighted by Crippen LogP contribution is 2.31. The fourth-order valence-corrected chi connectivity index (χ4v) is 7.77. The fraction of sp³-hybridized carbons (Fsp3) is 0.420. The van der Waals surface area contributed by atoms with Crippen LogP contribution in [0.3, 0.4) is 0 Å². The van der Waals surface area contributed by atoms with E-state index < -0.39 is 23.9 Å². The molecule has 1 aromatic heterocycles. The Bertz CT molecular complexity index is 2340. The van der Waals surface area contributed by atoms with Gasteiger partial charge in [0.15, 0.2) is 0 Å². The fourth-order valence-electron chi connectivity index (χ4n) is 7.65. The zero-order valence-electron chi connectivity index (χ0n) is 39.1. The zero-order chi connectivity index (χ0) is 49.6. The molecule has 1 unspecified atom stereocenters. The Morgan fingerprint density at radius 2 is 1.38 bits per heavy atom. The van der Waals surface area contributed by atoms with Gasteiger partial charge in [0.25, 0.3) is 11.8 Å². The smallest absolute Gasteiger partial charge is 0.328 e. The molecule has 366 valence electrons. The second-order valence-corrected chi connectivity index (χ2v) is 16.5. The highest BCUT2D eigenvalue weighted by Gasteiger charge is 2.27. The van der Waals surface area contributed by atoms with Crippen LogP contribution in [0.2, 0.25) is 5.02 Å². The molecule has 1 saturated heterocycles. The first kappa shape index (κ1) is 54.0. The second-order valence-electron chi connectivity index (χ2n) is 16.0. The number of benzene rings is 3. The van der Waals surface area contributed by atoms with E-state index in [1.54, 1.807) is 71.2 Å². The quantitative estimate of drug-likeness (QED) is 0.0450. The van der Waals surface area contributed by atoms with Crippen LogP contribution in [-0.2, 0) is 39.9 Å². The largest absolute Gasteiger partial charge is 0.497 e. The number of ether oxygens (including phenoxy) is 3. The number of amides is 2. The maximum Gasteiger partial charge on any atom is 0.328 e. The number of esters is 2. The molecule has 18 heteroatoms. The van der Waals surface area contributed by atoms with Crippen LogP contribution in [0.5, 0.6) is 5.75 Å². The van der Waals surface area contributed by atoms with Crippen molar-refractivity contribution in [3.63, 3.8) is 0 Å². The summed E-state index contributed by atoms with van der Waals surface area (Å²) in [5.41, 5.74) is 2.98. The number of hydrogen-bond acceptors (Lipinski definition) is 12. The third kappa shape index (κ3) is 16.9. The Balaban J connectivity index is 0.00000115. The van der Waals surface area contributed by atoms with Crippen molar-refractivity contribution < 1.29 is 58.0 Å². The van der Waals surface area contributed by atoms with E-state index in [0.29, 0.717) is 76.9 Å². The van der Waals surface area contributed by atoms with E-state index in [2.05, 4.69) is 15.1 Å². The molecule has 1 aliphatic heterocycles. The number of carbonyl (C=O) groups is 7. The van der Waals surface area contributed by atoms with E-state index in [1.807, 2.05) is 39.0 Å². The summed E-state index contributed by atoms with van der Waals surface area (Å²) in [5, 5.41) is 19.8. The van der Waals surface area contributed by atoms with Crippen molar-refractivity contribution in [3.05, 3.63) is 112 Å². The van der Waals surface area contributed by atoms with Gasteiger partial charge in [0, 0.05) is 98.2 Å². The van der Waals surface area contributed by atoms with Crippen LogP contribution in [0.15, 0.2) is 84.9 Å². The Morgan fingerprint density at radius 1 is 0.779 bits per heavy atom. The number of carboxylic acids is 2. The molecular formula is C50H62ClN5O12. The second kappa shape index (κ2) is 27.9. The average molecular weight is 961 g/mol. The van der Waals surface area contributed by atoms with Gasteiger partial charge in [-0.15, -0.1) is 0 Å². The molecule has 17 nitrogen and oxygen atoms in total. The van der Waals surface area contributed by atoms with Crippen LogP contribution in [0.1, 0.15) is 77.9 Å². The van der Waals surface area contributed by atoms with E-state index in [0.717, 1.165) is 51.0 Å². The molecule has 4 aromatic rings. The number of aliphatic carboxylic acids is 2. The van der Waals surface area contributed by atoms with Gasteiger partial charge in [0.05, 0.1) is 25.7 Å². The molecular weight excluding hydrogens is 898 g/mol. The summed E-state index contributed by atoms with van der Waals surface area (Å²) in [6, 6.07) is 20.1. The average Bonchev–Trinajstić information content (AvgIpc) is 3.60. The van der Waals surface area contributed by atoms with Crippen molar-refractivity contribution in [1.29, 1.82) is 0 Å². The summed E-state index contributed by atoms with van der Waals surface area (Å²) in [4.78, 5) is 91.4. The summed E-state index contributed by atoms with van der Waals surface area (Å²) < 4.78 is 18.3. The summed E-state index contributed by atoms with van der Waals surface area (Å²) in [5.74, 6) is -3.42. The van der Waals surface area contributed by atoms with Crippen molar-refractivity contribution in [2.45, 2.75) is 65.3 Å². The number of halogens is 1. The van der Waals surface area contributed by atoms with Gasteiger partial charge in [0.2, 0.25) is 5.91 Å². The minimum atomic E-state index is -1.26. The van der Waals surface area contributed by atoms with Crippen LogP contribution in [-0.4, -0.2) is 150 Å². The Labute approximate surface area is 401 Å². The van der Waals surface area contributed by atoms with Gasteiger partial charge in [-0.25, -0.2) is 9.59 Å². The van der Waals surface area contributed by atoms with Crippen LogP contribution < -0.4 is 10.1 Å². The predicted molar refractivity (Wildman–Crippen MR) is 256 cm³/mol. The van der Waals surface area contributed by atoms with Crippen LogP contribution in [0, 0.1) is 6.92 Å². The molecule has 0 saturated carbocycles. The van der Waals surface area contributed by atoms with Crippen LogP contribution in [0.25, 0.3) is 10.9 Å². The molecule has 1 atom stereocenters. The van der Waals surface area contributed by atoms with Gasteiger partial charge in [0.1, 0.15) is 18.4 Å². The minimum absolute atomic E-state index is 0.00873. The van der Waals surface area contributed by atoms with E-state index in [-0.39, 0.29) is 56.2 Å². The molecule has 0 spiro atoms. The molecule has 1 fully saturated rings.